The van der Waals surface area contributed by atoms with Gasteiger partial charge in [0.25, 0.3) is 0 Å². The molecule has 0 atom stereocenters. The highest BCUT2D eigenvalue weighted by Crippen LogP contribution is 2.21. The number of halogens is 2. The van der Waals surface area contributed by atoms with Gasteiger partial charge in [-0.15, -0.1) is 0 Å². The maximum atomic E-state index is 13.2. The summed E-state index contributed by atoms with van der Waals surface area (Å²) in [4.78, 5) is 0. The zero-order valence-electron chi connectivity index (χ0n) is 10.8. The van der Waals surface area contributed by atoms with Crippen LogP contribution in [-0.4, -0.2) is 5.54 Å². The first-order chi connectivity index (χ1) is 8.05. The lowest BCUT2D eigenvalue weighted by Crippen LogP contribution is -2.43. The summed E-state index contributed by atoms with van der Waals surface area (Å²) in [5.41, 5.74) is 1.05. The summed E-state index contributed by atoms with van der Waals surface area (Å²) in [7, 11) is 0. The van der Waals surface area contributed by atoms with Crippen molar-refractivity contribution in [2.75, 3.05) is 0 Å². The van der Waals surface area contributed by atoms with Crippen molar-refractivity contribution in [3.8, 4) is 0 Å². The average Bonchev–Trinajstić information content (AvgIpc) is 2.30. The maximum absolute atomic E-state index is 13.2. The van der Waals surface area contributed by atoms with E-state index in [-0.39, 0.29) is 11.4 Å². The molecule has 0 aliphatic carbocycles. The van der Waals surface area contributed by atoms with E-state index in [0.717, 1.165) is 24.8 Å². The molecule has 1 rings (SSSR count). The van der Waals surface area contributed by atoms with Crippen LogP contribution < -0.4 is 5.32 Å². The van der Waals surface area contributed by atoms with E-state index in [1.54, 1.807) is 0 Å². The zero-order chi connectivity index (χ0) is 12.9. The lowest BCUT2D eigenvalue weighted by molar-refractivity contribution is 0.288. The minimum atomic E-state index is -0.274. The molecule has 0 spiro atoms. The molecule has 0 saturated heterocycles. The summed E-state index contributed by atoms with van der Waals surface area (Å²) in [6.45, 7) is 7.20. The average molecular weight is 258 g/mol. The van der Waals surface area contributed by atoms with Crippen molar-refractivity contribution in [3.05, 3.63) is 34.6 Å². The monoisotopic (exact) mass is 257 g/mol. The molecule has 1 N–H and O–H groups in total. The van der Waals surface area contributed by atoms with Crippen molar-refractivity contribution in [1.82, 2.24) is 5.32 Å². The lowest BCUT2D eigenvalue weighted by Gasteiger charge is -2.32. The summed E-state index contributed by atoms with van der Waals surface area (Å²) < 4.78 is 13.2. The number of benzene rings is 1. The molecule has 0 aliphatic rings. The third-order valence-electron chi connectivity index (χ3n) is 3.62. The van der Waals surface area contributed by atoms with Crippen LogP contribution in [0.25, 0.3) is 0 Å². The molecule has 1 aromatic rings. The van der Waals surface area contributed by atoms with E-state index in [1.807, 2.05) is 6.07 Å². The second-order valence-electron chi connectivity index (χ2n) is 4.47. The van der Waals surface area contributed by atoms with Crippen LogP contribution in [0.2, 0.25) is 5.02 Å². The van der Waals surface area contributed by atoms with Crippen LogP contribution in [0.1, 0.15) is 45.6 Å². The first-order valence-corrected chi connectivity index (χ1v) is 6.63. The fraction of sp³-hybridized carbons (Fsp3) is 0.571. The van der Waals surface area contributed by atoms with Gasteiger partial charge in [0.2, 0.25) is 0 Å². The van der Waals surface area contributed by atoms with E-state index in [1.165, 1.54) is 12.1 Å². The molecule has 0 aliphatic heterocycles. The second-order valence-corrected chi connectivity index (χ2v) is 4.91. The van der Waals surface area contributed by atoms with Crippen LogP contribution in [0.4, 0.5) is 4.39 Å². The largest absolute Gasteiger partial charge is 0.307 e. The van der Waals surface area contributed by atoms with Gasteiger partial charge in [0.1, 0.15) is 5.82 Å². The molecule has 0 bridgehead atoms. The Kier molecular flexibility index (Phi) is 5.41. The van der Waals surface area contributed by atoms with Gasteiger partial charge < -0.3 is 5.32 Å². The van der Waals surface area contributed by atoms with Crippen LogP contribution in [0.3, 0.4) is 0 Å². The first-order valence-electron chi connectivity index (χ1n) is 6.25. The highest BCUT2D eigenvalue weighted by Gasteiger charge is 2.22. The first kappa shape index (κ1) is 14.5. The summed E-state index contributed by atoms with van der Waals surface area (Å²) in [5.74, 6) is -0.274. The summed E-state index contributed by atoms with van der Waals surface area (Å²) in [6.07, 6.45) is 3.22. The summed E-state index contributed by atoms with van der Waals surface area (Å²) in [5, 5.41) is 3.98. The third kappa shape index (κ3) is 3.97. The fourth-order valence-corrected chi connectivity index (χ4v) is 2.37. The topological polar surface area (TPSA) is 12.0 Å². The Morgan fingerprint density at radius 2 is 1.71 bits per heavy atom. The van der Waals surface area contributed by atoms with Gasteiger partial charge in [0.05, 0.1) is 0 Å². The molecule has 0 fully saturated rings. The molecule has 0 saturated carbocycles. The van der Waals surface area contributed by atoms with Gasteiger partial charge in [0.15, 0.2) is 0 Å². The van der Waals surface area contributed by atoms with E-state index < -0.39 is 0 Å². The van der Waals surface area contributed by atoms with Gasteiger partial charge in [-0.3, -0.25) is 0 Å². The van der Waals surface area contributed by atoms with Crippen LogP contribution in [-0.2, 0) is 6.54 Å². The normalized spacial score (nSPS) is 11.8. The van der Waals surface area contributed by atoms with Crippen molar-refractivity contribution in [3.63, 3.8) is 0 Å². The van der Waals surface area contributed by atoms with Gasteiger partial charge in [-0.1, -0.05) is 32.4 Å². The predicted octanol–water partition coefficient (Wildman–Crippen LogP) is 4.54. The lowest BCUT2D eigenvalue weighted by atomic mass is 9.89. The number of rotatable bonds is 6. The van der Waals surface area contributed by atoms with E-state index in [9.17, 15) is 4.39 Å². The molecule has 3 heteroatoms. The van der Waals surface area contributed by atoms with Crippen LogP contribution in [0.15, 0.2) is 18.2 Å². The Morgan fingerprint density at radius 1 is 1.12 bits per heavy atom. The zero-order valence-corrected chi connectivity index (χ0v) is 11.6. The highest BCUT2D eigenvalue weighted by molar-refractivity contribution is 6.30. The molecular formula is C14H21ClFN. The Bertz CT molecular complexity index is 333. The van der Waals surface area contributed by atoms with Crippen LogP contribution >= 0.6 is 11.6 Å². The summed E-state index contributed by atoms with van der Waals surface area (Å²) in [6, 6.07) is 4.67. The van der Waals surface area contributed by atoms with Crippen molar-refractivity contribution >= 4 is 11.6 Å². The van der Waals surface area contributed by atoms with Gasteiger partial charge >= 0.3 is 0 Å². The van der Waals surface area contributed by atoms with Gasteiger partial charge in [-0.25, -0.2) is 4.39 Å². The Labute approximate surface area is 108 Å². The van der Waals surface area contributed by atoms with Crippen LogP contribution in [0, 0.1) is 5.82 Å². The molecule has 0 amide bonds. The molecule has 0 heterocycles. The third-order valence-corrected chi connectivity index (χ3v) is 3.84. The molecule has 1 aromatic carbocycles. The van der Waals surface area contributed by atoms with Crippen LogP contribution in [0.5, 0.6) is 0 Å². The SMILES string of the molecule is CCC(CC)(CC)NCc1cc(F)cc(Cl)c1. The Morgan fingerprint density at radius 3 is 2.18 bits per heavy atom. The second kappa shape index (κ2) is 6.36. The van der Waals surface area contributed by atoms with E-state index in [0.29, 0.717) is 11.6 Å². The molecular weight excluding hydrogens is 237 g/mol. The summed E-state index contributed by atoms with van der Waals surface area (Å²) >= 11 is 5.83. The van der Waals surface area contributed by atoms with Gasteiger partial charge in [-0.2, -0.15) is 0 Å². The van der Waals surface area contributed by atoms with Crippen molar-refractivity contribution < 1.29 is 4.39 Å². The maximum Gasteiger partial charge on any atom is 0.125 e. The van der Waals surface area contributed by atoms with E-state index in [2.05, 4.69) is 26.1 Å². The Hall–Kier alpha value is -0.600. The molecule has 96 valence electrons. The fourth-order valence-electron chi connectivity index (χ4n) is 2.13. The molecule has 17 heavy (non-hydrogen) atoms. The van der Waals surface area contributed by atoms with Crippen molar-refractivity contribution in [2.45, 2.75) is 52.1 Å². The van der Waals surface area contributed by atoms with Gasteiger partial charge in [-0.05, 0) is 43.0 Å². The predicted molar refractivity (Wildman–Crippen MR) is 71.9 cm³/mol. The van der Waals surface area contributed by atoms with Crippen molar-refractivity contribution in [1.29, 1.82) is 0 Å². The standard InChI is InChI=1S/C14H21ClFN/c1-4-14(5-2,6-3)17-10-11-7-12(15)9-13(16)8-11/h7-9,17H,4-6,10H2,1-3H3. The molecule has 1 nitrogen and oxygen atoms in total. The van der Waals surface area contributed by atoms with E-state index in [4.69, 9.17) is 11.6 Å². The number of hydrogen-bond acceptors (Lipinski definition) is 1. The molecule has 0 radical (unpaired) electrons. The minimum absolute atomic E-state index is 0.152. The highest BCUT2D eigenvalue weighted by atomic mass is 35.5. The molecule has 0 aromatic heterocycles. The van der Waals surface area contributed by atoms with Crippen molar-refractivity contribution in [2.24, 2.45) is 0 Å². The molecule has 0 unspecified atom stereocenters. The number of hydrogen-bond donors (Lipinski definition) is 1. The minimum Gasteiger partial charge on any atom is -0.307 e. The smallest absolute Gasteiger partial charge is 0.125 e. The number of nitrogens with one attached hydrogen (secondary N) is 1. The van der Waals surface area contributed by atoms with Gasteiger partial charge in [0, 0.05) is 17.1 Å². The quantitative estimate of drug-likeness (QED) is 0.789. The van der Waals surface area contributed by atoms with E-state index >= 15 is 0 Å². The Balaban J connectivity index is 2.71.